The van der Waals surface area contributed by atoms with Crippen molar-refractivity contribution in [2.75, 3.05) is 0 Å². The summed E-state index contributed by atoms with van der Waals surface area (Å²) in [5, 5.41) is 0.354. The Bertz CT molecular complexity index is 607. The van der Waals surface area contributed by atoms with E-state index in [9.17, 15) is 14.7 Å². The fourth-order valence-electron chi connectivity index (χ4n) is 2.31. The van der Waals surface area contributed by atoms with Crippen molar-refractivity contribution < 1.29 is 14.7 Å². The van der Waals surface area contributed by atoms with Gasteiger partial charge in [-0.15, -0.1) is 0 Å². The molecule has 3 N–H and O–H groups in total. The van der Waals surface area contributed by atoms with Gasteiger partial charge in [-0.1, -0.05) is 0 Å². The van der Waals surface area contributed by atoms with Crippen LogP contribution < -0.4 is 10.6 Å². The van der Waals surface area contributed by atoms with Crippen LogP contribution in [0.25, 0.3) is 0 Å². The maximum atomic E-state index is 10.7. The summed E-state index contributed by atoms with van der Waals surface area (Å²) in [4.78, 5) is 32.1. The van der Waals surface area contributed by atoms with Crippen molar-refractivity contribution in [2.24, 2.45) is 0 Å². The number of rotatable bonds is 2. The minimum atomic E-state index is -5.10. The van der Waals surface area contributed by atoms with Gasteiger partial charge in [0.2, 0.25) is 0 Å². The first-order valence-electron chi connectivity index (χ1n) is 6.54. The molecule has 0 bridgehead atoms. The van der Waals surface area contributed by atoms with Crippen molar-refractivity contribution in [3.05, 3.63) is 60.2 Å². The van der Waals surface area contributed by atoms with E-state index in [-0.39, 0.29) is 16.0 Å². The molecule has 0 aliphatic heterocycles. The van der Waals surface area contributed by atoms with E-state index in [1.807, 2.05) is 32.9 Å². The zero-order valence-corrected chi connectivity index (χ0v) is 12.9. The van der Waals surface area contributed by atoms with E-state index in [0.717, 1.165) is 5.56 Å². The molecular formula is C16H21O3P. The molecule has 0 fully saturated rings. The van der Waals surface area contributed by atoms with Gasteiger partial charge in [-0.25, -0.2) is 0 Å². The Labute approximate surface area is 119 Å². The molecule has 20 heavy (non-hydrogen) atoms. The van der Waals surface area contributed by atoms with Crippen molar-refractivity contribution in [1.29, 1.82) is 0 Å². The van der Waals surface area contributed by atoms with E-state index >= 15 is 0 Å². The average molecular weight is 292 g/mol. The van der Waals surface area contributed by atoms with Crippen molar-refractivity contribution >= 4 is 17.9 Å². The number of hydrogen-bond donors (Lipinski definition) is 3. The molecule has 4 heteroatoms. The summed E-state index contributed by atoms with van der Waals surface area (Å²) in [5.41, 5.74) is 0.428. The second-order valence-electron chi connectivity index (χ2n) is 6.08. The Hall–Kier alpha value is -1.25. The van der Waals surface area contributed by atoms with E-state index in [0.29, 0.717) is 0 Å². The van der Waals surface area contributed by atoms with Crippen LogP contribution in [-0.4, -0.2) is 14.7 Å². The van der Waals surface area contributed by atoms with Gasteiger partial charge in [0.25, 0.3) is 0 Å². The fourth-order valence-corrected chi connectivity index (χ4v) is 4.52. The van der Waals surface area contributed by atoms with Gasteiger partial charge in [0, 0.05) is 0 Å². The third-order valence-electron chi connectivity index (χ3n) is 3.39. The Balaban J connectivity index is 2.73. The molecule has 0 unspecified atom stereocenters. The molecule has 0 aliphatic carbocycles. The summed E-state index contributed by atoms with van der Waals surface area (Å²) < 4.78 is 0. The van der Waals surface area contributed by atoms with Crippen LogP contribution in [0.4, 0.5) is 0 Å². The van der Waals surface area contributed by atoms with Crippen LogP contribution in [0.5, 0.6) is 0 Å². The maximum absolute atomic E-state index is 10.7. The summed E-state index contributed by atoms with van der Waals surface area (Å²) in [6, 6.07) is 15.2. The van der Waals surface area contributed by atoms with Gasteiger partial charge in [0.1, 0.15) is 0 Å². The van der Waals surface area contributed by atoms with E-state index in [1.54, 1.807) is 30.3 Å². The molecule has 0 saturated heterocycles. The van der Waals surface area contributed by atoms with Gasteiger partial charge < -0.3 is 0 Å². The molecule has 2 aromatic carbocycles. The van der Waals surface area contributed by atoms with E-state index in [2.05, 4.69) is 0 Å². The molecule has 0 aliphatic rings. The van der Waals surface area contributed by atoms with Crippen molar-refractivity contribution in [2.45, 2.75) is 26.2 Å². The van der Waals surface area contributed by atoms with Crippen molar-refractivity contribution in [1.82, 2.24) is 0 Å². The topological polar surface area (TPSA) is 60.7 Å². The second kappa shape index (κ2) is 4.64. The Morgan fingerprint density at radius 2 is 1.25 bits per heavy atom. The third kappa shape index (κ3) is 2.63. The Morgan fingerprint density at radius 1 is 0.750 bits per heavy atom. The van der Waals surface area contributed by atoms with Gasteiger partial charge >= 0.3 is 119 Å². The van der Waals surface area contributed by atoms with Crippen LogP contribution in [0.3, 0.4) is 0 Å². The number of benzene rings is 2. The molecule has 0 atom stereocenters. The zero-order chi connectivity index (χ0) is 15.0. The fraction of sp³-hybridized carbons (Fsp3) is 0.250. The quantitative estimate of drug-likeness (QED) is 0.744. The molecule has 108 valence electrons. The zero-order valence-electron chi connectivity index (χ0n) is 12.0. The van der Waals surface area contributed by atoms with Gasteiger partial charge in [-0.3, -0.25) is 0 Å². The molecule has 2 rings (SSSR count). The molecule has 0 amide bonds. The van der Waals surface area contributed by atoms with Crippen LogP contribution in [0.2, 0.25) is 0 Å². The van der Waals surface area contributed by atoms with Gasteiger partial charge in [0.05, 0.1) is 0 Å². The van der Waals surface area contributed by atoms with Crippen molar-refractivity contribution in [3.63, 3.8) is 0 Å². The SMILES string of the molecule is CC(C)(C)c1ccccc1P(O)(O)(O)c1ccccc1. The van der Waals surface area contributed by atoms with Gasteiger partial charge in [-0.2, -0.15) is 0 Å². The van der Waals surface area contributed by atoms with Gasteiger partial charge in [-0.05, 0) is 0 Å². The predicted octanol–water partition coefficient (Wildman–Crippen LogP) is 2.21. The summed E-state index contributed by atoms with van der Waals surface area (Å²) in [6.07, 6.45) is 0. The summed E-state index contributed by atoms with van der Waals surface area (Å²) in [7, 11) is -5.10. The van der Waals surface area contributed by atoms with E-state index < -0.39 is 7.28 Å². The summed E-state index contributed by atoms with van der Waals surface area (Å²) >= 11 is 0. The normalized spacial score (nSPS) is 14.6. The molecule has 3 nitrogen and oxygen atoms in total. The van der Waals surface area contributed by atoms with Crippen molar-refractivity contribution in [3.8, 4) is 0 Å². The van der Waals surface area contributed by atoms with Gasteiger partial charge in [0.15, 0.2) is 0 Å². The Kier molecular flexibility index (Phi) is 3.52. The molecule has 0 spiro atoms. The molecular weight excluding hydrogens is 271 g/mol. The van der Waals surface area contributed by atoms with E-state index in [1.165, 1.54) is 12.1 Å². The van der Waals surface area contributed by atoms with Crippen LogP contribution in [0, 0.1) is 0 Å². The molecule has 0 radical (unpaired) electrons. The first-order chi connectivity index (χ1) is 9.11. The van der Waals surface area contributed by atoms with E-state index in [4.69, 9.17) is 0 Å². The molecule has 2 aromatic rings. The first-order valence-corrected chi connectivity index (χ1v) is 8.63. The van der Waals surface area contributed by atoms with Crippen LogP contribution in [0.15, 0.2) is 54.6 Å². The molecule has 0 saturated carbocycles. The molecule has 0 aromatic heterocycles. The molecule has 0 heterocycles. The first kappa shape index (κ1) is 15.1. The predicted molar refractivity (Wildman–Crippen MR) is 84.4 cm³/mol. The van der Waals surface area contributed by atoms with Crippen LogP contribution >= 0.6 is 7.28 Å². The average Bonchev–Trinajstić information content (AvgIpc) is 2.38. The monoisotopic (exact) mass is 292 g/mol. The van der Waals surface area contributed by atoms with Crippen LogP contribution in [0.1, 0.15) is 26.3 Å². The summed E-state index contributed by atoms with van der Waals surface area (Å²) in [6.45, 7) is 5.93. The third-order valence-corrected chi connectivity index (χ3v) is 5.91. The standard InChI is InChI=1S/C16H21O3P/c1-16(2,3)14-11-7-8-12-15(14)20(17,18,19)13-9-5-4-6-10-13/h4-12,17-19H,1-3H3. The summed E-state index contributed by atoms with van der Waals surface area (Å²) in [5.74, 6) is 0. The second-order valence-corrected chi connectivity index (χ2v) is 9.04. The Morgan fingerprint density at radius 3 is 1.80 bits per heavy atom. The van der Waals surface area contributed by atoms with Crippen LogP contribution in [-0.2, 0) is 5.41 Å². The minimum absolute atomic E-state index is 0.148. The number of hydrogen-bond acceptors (Lipinski definition) is 3.